The zero-order valence-corrected chi connectivity index (χ0v) is 8.79. The van der Waals surface area contributed by atoms with Gasteiger partial charge in [-0.3, -0.25) is 0 Å². The molecule has 0 bridgehead atoms. The van der Waals surface area contributed by atoms with Gasteiger partial charge in [0.15, 0.2) is 0 Å². The molecule has 0 unspecified atom stereocenters. The summed E-state index contributed by atoms with van der Waals surface area (Å²) in [6, 6.07) is 8.33. The number of hydrogen-bond donors (Lipinski definition) is 1. The SMILES string of the molecule is COc1ccccc1[C@@H]1CNC[C@@H]1C. The van der Waals surface area contributed by atoms with Crippen molar-refractivity contribution < 1.29 is 4.74 Å². The van der Waals surface area contributed by atoms with Crippen molar-refractivity contribution in [1.82, 2.24) is 5.32 Å². The van der Waals surface area contributed by atoms with Gasteiger partial charge in [-0.1, -0.05) is 25.1 Å². The van der Waals surface area contributed by atoms with Gasteiger partial charge in [0.1, 0.15) is 5.75 Å². The van der Waals surface area contributed by atoms with E-state index in [1.54, 1.807) is 7.11 Å². The molecule has 1 aliphatic rings. The van der Waals surface area contributed by atoms with Gasteiger partial charge in [0.2, 0.25) is 0 Å². The van der Waals surface area contributed by atoms with Gasteiger partial charge in [-0.25, -0.2) is 0 Å². The lowest BCUT2D eigenvalue weighted by Crippen LogP contribution is -2.09. The Morgan fingerprint density at radius 3 is 2.71 bits per heavy atom. The summed E-state index contributed by atoms with van der Waals surface area (Å²) < 4.78 is 5.38. The Morgan fingerprint density at radius 2 is 2.07 bits per heavy atom. The first-order chi connectivity index (χ1) is 6.83. The standard InChI is InChI=1S/C12H17NO/c1-9-7-13-8-11(9)10-5-3-4-6-12(10)14-2/h3-6,9,11,13H,7-8H2,1-2H3/t9-,11+/m0/s1. The third-order valence-electron chi connectivity index (χ3n) is 3.06. The highest BCUT2D eigenvalue weighted by molar-refractivity contribution is 5.37. The van der Waals surface area contributed by atoms with Crippen LogP contribution in [-0.4, -0.2) is 20.2 Å². The Labute approximate surface area is 85.3 Å². The highest BCUT2D eigenvalue weighted by Crippen LogP contribution is 2.33. The van der Waals surface area contributed by atoms with Crippen LogP contribution in [0.5, 0.6) is 5.75 Å². The molecule has 14 heavy (non-hydrogen) atoms. The highest BCUT2D eigenvalue weighted by atomic mass is 16.5. The molecule has 2 nitrogen and oxygen atoms in total. The minimum Gasteiger partial charge on any atom is -0.496 e. The lowest BCUT2D eigenvalue weighted by Gasteiger charge is -2.17. The first-order valence-corrected chi connectivity index (χ1v) is 5.16. The molecule has 0 spiro atoms. The zero-order valence-electron chi connectivity index (χ0n) is 8.79. The number of ether oxygens (including phenoxy) is 1. The van der Waals surface area contributed by atoms with Crippen molar-refractivity contribution in [3.8, 4) is 5.75 Å². The van der Waals surface area contributed by atoms with Crippen LogP contribution < -0.4 is 10.1 Å². The van der Waals surface area contributed by atoms with Crippen molar-refractivity contribution in [3.05, 3.63) is 29.8 Å². The van der Waals surface area contributed by atoms with E-state index in [9.17, 15) is 0 Å². The number of methoxy groups -OCH3 is 1. The summed E-state index contributed by atoms with van der Waals surface area (Å²) in [6.45, 7) is 4.47. The summed E-state index contributed by atoms with van der Waals surface area (Å²) in [6.07, 6.45) is 0. The molecule has 76 valence electrons. The lowest BCUT2D eigenvalue weighted by atomic mass is 9.90. The van der Waals surface area contributed by atoms with Gasteiger partial charge in [0, 0.05) is 12.5 Å². The first kappa shape index (κ1) is 9.53. The van der Waals surface area contributed by atoms with E-state index in [4.69, 9.17) is 4.74 Å². The maximum Gasteiger partial charge on any atom is 0.122 e. The van der Waals surface area contributed by atoms with Crippen LogP contribution in [0.4, 0.5) is 0 Å². The van der Waals surface area contributed by atoms with Gasteiger partial charge < -0.3 is 10.1 Å². The molecular weight excluding hydrogens is 174 g/mol. The monoisotopic (exact) mass is 191 g/mol. The topological polar surface area (TPSA) is 21.3 Å². The summed E-state index contributed by atoms with van der Waals surface area (Å²) in [5.74, 6) is 2.32. The molecule has 1 aromatic carbocycles. The van der Waals surface area contributed by atoms with Crippen molar-refractivity contribution in [1.29, 1.82) is 0 Å². The fourth-order valence-electron chi connectivity index (χ4n) is 2.20. The third-order valence-corrected chi connectivity index (χ3v) is 3.06. The second-order valence-corrected chi connectivity index (χ2v) is 3.98. The average Bonchev–Trinajstić information content (AvgIpc) is 2.64. The molecule has 1 fully saturated rings. The molecule has 1 saturated heterocycles. The maximum absolute atomic E-state index is 5.38. The number of nitrogens with one attached hydrogen (secondary N) is 1. The minimum absolute atomic E-state index is 0.603. The molecule has 0 radical (unpaired) electrons. The van der Waals surface area contributed by atoms with Crippen LogP contribution in [-0.2, 0) is 0 Å². The summed E-state index contributed by atoms with van der Waals surface area (Å²) in [5, 5.41) is 3.42. The second kappa shape index (κ2) is 4.01. The van der Waals surface area contributed by atoms with Gasteiger partial charge in [-0.05, 0) is 24.1 Å². The Hall–Kier alpha value is -1.02. The van der Waals surface area contributed by atoms with E-state index in [-0.39, 0.29) is 0 Å². The largest absolute Gasteiger partial charge is 0.496 e. The second-order valence-electron chi connectivity index (χ2n) is 3.98. The molecule has 2 heteroatoms. The van der Waals surface area contributed by atoms with Gasteiger partial charge in [-0.2, -0.15) is 0 Å². The van der Waals surface area contributed by atoms with E-state index >= 15 is 0 Å². The number of para-hydroxylation sites is 1. The van der Waals surface area contributed by atoms with Crippen molar-refractivity contribution in [2.75, 3.05) is 20.2 Å². The van der Waals surface area contributed by atoms with Crippen molar-refractivity contribution in [2.45, 2.75) is 12.8 Å². The Balaban J connectivity index is 2.30. The van der Waals surface area contributed by atoms with E-state index in [1.165, 1.54) is 5.56 Å². The van der Waals surface area contributed by atoms with E-state index in [0.717, 1.165) is 18.8 Å². The number of benzene rings is 1. The quantitative estimate of drug-likeness (QED) is 0.772. The van der Waals surface area contributed by atoms with Crippen molar-refractivity contribution in [2.24, 2.45) is 5.92 Å². The highest BCUT2D eigenvalue weighted by Gasteiger charge is 2.26. The molecule has 0 amide bonds. The first-order valence-electron chi connectivity index (χ1n) is 5.16. The molecule has 1 aromatic rings. The van der Waals surface area contributed by atoms with Gasteiger partial charge in [0.05, 0.1) is 7.11 Å². The molecule has 2 atom stereocenters. The molecular formula is C12H17NO. The van der Waals surface area contributed by atoms with Crippen LogP contribution in [0.25, 0.3) is 0 Å². The maximum atomic E-state index is 5.38. The molecule has 0 aliphatic carbocycles. The van der Waals surface area contributed by atoms with Crippen LogP contribution in [0, 0.1) is 5.92 Å². The Kier molecular flexibility index (Phi) is 2.73. The minimum atomic E-state index is 0.603. The van der Waals surface area contributed by atoms with E-state index in [1.807, 2.05) is 12.1 Å². The zero-order chi connectivity index (χ0) is 9.97. The van der Waals surface area contributed by atoms with E-state index in [0.29, 0.717) is 11.8 Å². The lowest BCUT2D eigenvalue weighted by molar-refractivity contribution is 0.401. The number of hydrogen-bond acceptors (Lipinski definition) is 2. The summed E-state index contributed by atoms with van der Waals surface area (Å²) in [7, 11) is 1.74. The van der Waals surface area contributed by atoms with Crippen molar-refractivity contribution in [3.63, 3.8) is 0 Å². The fraction of sp³-hybridized carbons (Fsp3) is 0.500. The average molecular weight is 191 g/mol. The number of rotatable bonds is 2. The summed E-state index contributed by atoms with van der Waals surface area (Å²) in [4.78, 5) is 0. The van der Waals surface area contributed by atoms with Gasteiger partial charge in [-0.15, -0.1) is 0 Å². The van der Waals surface area contributed by atoms with Gasteiger partial charge >= 0.3 is 0 Å². The van der Waals surface area contributed by atoms with Gasteiger partial charge in [0.25, 0.3) is 0 Å². The van der Waals surface area contributed by atoms with Crippen molar-refractivity contribution >= 4 is 0 Å². The Bertz CT molecular complexity index is 311. The molecule has 1 N–H and O–H groups in total. The van der Waals surface area contributed by atoms with Crippen LogP contribution in [0.15, 0.2) is 24.3 Å². The van der Waals surface area contributed by atoms with Crippen LogP contribution in [0.3, 0.4) is 0 Å². The molecule has 2 rings (SSSR count). The third kappa shape index (κ3) is 1.62. The predicted molar refractivity (Wildman–Crippen MR) is 57.8 cm³/mol. The molecule has 0 saturated carbocycles. The van der Waals surface area contributed by atoms with Crippen LogP contribution >= 0.6 is 0 Å². The fourth-order valence-corrected chi connectivity index (χ4v) is 2.20. The molecule has 1 heterocycles. The van der Waals surface area contributed by atoms with Crippen LogP contribution in [0.1, 0.15) is 18.4 Å². The van der Waals surface area contributed by atoms with E-state index in [2.05, 4.69) is 24.4 Å². The summed E-state index contributed by atoms with van der Waals surface area (Å²) in [5.41, 5.74) is 1.34. The van der Waals surface area contributed by atoms with E-state index < -0.39 is 0 Å². The molecule has 0 aromatic heterocycles. The predicted octanol–water partition coefficient (Wildman–Crippen LogP) is 2.02. The normalized spacial score (nSPS) is 26.4. The van der Waals surface area contributed by atoms with Crippen LogP contribution in [0.2, 0.25) is 0 Å². The summed E-state index contributed by atoms with van der Waals surface area (Å²) >= 11 is 0. The smallest absolute Gasteiger partial charge is 0.122 e. The Morgan fingerprint density at radius 1 is 1.29 bits per heavy atom. The molecule has 1 aliphatic heterocycles.